The Morgan fingerprint density at radius 2 is 1.75 bits per heavy atom. The van der Waals surface area contributed by atoms with Gasteiger partial charge in [-0.05, 0) is 39.2 Å². The second kappa shape index (κ2) is 3.76. The maximum atomic E-state index is 5.91. The molecule has 0 atom stereocenters. The third-order valence-electron chi connectivity index (χ3n) is 3.32. The average Bonchev–Trinajstić information content (AvgIpc) is 2.36. The summed E-state index contributed by atoms with van der Waals surface area (Å²) < 4.78 is 11.8. The second-order valence-corrected chi connectivity index (χ2v) is 5.47. The summed E-state index contributed by atoms with van der Waals surface area (Å²) in [5, 5.41) is 0.576. The Labute approximate surface area is 102 Å². The monoisotopic (exact) mass is 237 g/mol. The fraction of sp³-hybridized carbons (Fsp3) is 0.500. The summed E-state index contributed by atoms with van der Waals surface area (Å²) in [6, 6.07) is 8.41. The Balaban J connectivity index is 2.27. The van der Waals surface area contributed by atoms with Gasteiger partial charge in [0.25, 0.3) is 0 Å². The van der Waals surface area contributed by atoms with Crippen molar-refractivity contribution in [3.05, 3.63) is 29.3 Å². The van der Waals surface area contributed by atoms with Crippen molar-refractivity contribution in [2.45, 2.75) is 38.9 Å². The van der Waals surface area contributed by atoms with Gasteiger partial charge in [-0.1, -0.05) is 23.7 Å². The van der Waals surface area contributed by atoms with Gasteiger partial charge in [-0.25, -0.2) is 0 Å². The molecule has 85 valence electrons. The van der Waals surface area contributed by atoms with Crippen molar-refractivity contribution < 1.29 is 9.31 Å². The maximum absolute atomic E-state index is 5.91. The highest BCUT2D eigenvalue weighted by Gasteiger charge is 2.51. The van der Waals surface area contributed by atoms with Crippen LogP contribution in [0.1, 0.15) is 27.7 Å². The normalized spacial score (nSPS) is 22.4. The predicted molar refractivity (Wildman–Crippen MR) is 66.0 cm³/mol. The van der Waals surface area contributed by atoms with Gasteiger partial charge in [0.15, 0.2) is 0 Å². The van der Waals surface area contributed by atoms with Crippen LogP contribution in [0.15, 0.2) is 18.2 Å². The van der Waals surface area contributed by atoms with Gasteiger partial charge in [0.05, 0.1) is 11.2 Å². The van der Waals surface area contributed by atoms with Crippen LogP contribution in [0.2, 0.25) is 5.02 Å². The Morgan fingerprint density at radius 3 is 2.25 bits per heavy atom. The van der Waals surface area contributed by atoms with Crippen LogP contribution < -0.4 is 5.46 Å². The van der Waals surface area contributed by atoms with E-state index in [1.807, 2.05) is 39.8 Å². The molecule has 2 nitrogen and oxygen atoms in total. The van der Waals surface area contributed by atoms with Crippen molar-refractivity contribution >= 4 is 24.2 Å². The van der Waals surface area contributed by atoms with Crippen LogP contribution in [0.4, 0.5) is 0 Å². The lowest BCUT2D eigenvalue weighted by Crippen LogP contribution is -2.41. The first-order chi connectivity index (χ1) is 7.32. The summed E-state index contributed by atoms with van der Waals surface area (Å²) >= 11 is 5.90. The first-order valence-corrected chi connectivity index (χ1v) is 5.72. The molecular formula is C12H15BClO2. The molecular weight excluding hydrogens is 222 g/mol. The minimum Gasteiger partial charge on any atom is -0.399 e. The third-order valence-corrected chi connectivity index (χ3v) is 3.53. The predicted octanol–water partition coefficient (Wildman–Crippen LogP) is 2.44. The molecule has 16 heavy (non-hydrogen) atoms. The average molecular weight is 238 g/mol. The molecule has 1 aliphatic rings. The number of benzene rings is 1. The number of hydrogen-bond acceptors (Lipinski definition) is 2. The molecule has 1 saturated heterocycles. The third kappa shape index (κ3) is 2.00. The van der Waals surface area contributed by atoms with E-state index in [4.69, 9.17) is 20.9 Å². The molecule has 1 aliphatic heterocycles. The van der Waals surface area contributed by atoms with E-state index in [0.717, 1.165) is 5.46 Å². The largest absolute Gasteiger partial charge is 0.494 e. The molecule has 1 aromatic rings. The van der Waals surface area contributed by atoms with E-state index >= 15 is 0 Å². The van der Waals surface area contributed by atoms with Crippen LogP contribution in [-0.2, 0) is 9.31 Å². The Kier molecular flexibility index (Phi) is 2.81. The maximum Gasteiger partial charge on any atom is 0.494 e. The van der Waals surface area contributed by atoms with Gasteiger partial charge in [0.2, 0.25) is 0 Å². The van der Waals surface area contributed by atoms with Crippen LogP contribution in [0, 0.1) is 6.07 Å². The molecule has 0 aliphatic carbocycles. The van der Waals surface area contributed by atoms with Gasteiger partial charge in [-0.3, -0.25) is 0 Å². The summed E-state index contributed by atoms with van der Waals surface area (Å²) in [6.07, 6.45) is 0. The molecule has 1 aromatic carbocycles. The van der Waals surface area contributed by atoms with Crippen molar-refractivity contribution in [2.75, 3.05) is 0 Å². The molecule has 1 heterocycles. The summed E-state index contributed by atoms with van der Waals surface area (Å²) in [7, 11) is -0.350. The summed E-state index contributed by atoms with van der Waals surface area (Å²) in [4.78, 5) is 0. The molecule has 2 rings (SSSR count). The van der Waals surface area contributed by atoms with Gasteiger partial charge in [0.1, 0.15) is 0 Å². The highest BCUT2D eigenvalue weighted by molar-refractivity contribution is 6.62. The quantitative estimate of drug-likeness (QED) is 0.699. The number of hydrogen-bond donors (Lipinski definition) is 0. The lowest BCUT2D eigenvalue weighted by atomic mass is 9.79. The molecule has 0 aromatic heterocycles. The first kappa shape index (κ1) is 12.0. The lowest BCUT2D eigenvalue weighted by Gasteiger charge is -2.32. The lowest BCUT2D eigenvalue weighted by molar-refractivity contribution is 0.00578. The smallest absolute Gasteiger partial charge is 0.399 e. The second-order valence-electron chi connectivity index (χ2n) is 5.06. The van der Waals surface area contributed by atoms with Crippen LogP contribution in [0.3, 0.4) is 0 Å². The zero-order chi connectivity index (χ0) is 12.0. The first-order valence-electron chi connectivity index (χ1n) is 5.35. The van der Waals surface area contributed by atoms with Gasteiger partial charge >= 0.3 is 7.12 Å². The molecule has 0 N–H and O–H groups in total. The molecule has 0 bridgehead atoms. The van der Waals surface area contributed by atoms with E-state index in [1.165, 1.54) is 0 Å². The van der Waals surface area contributed by atoms with E-state index in [9.17, 15) is 0 Å². The minimum absolute atomic E-state index is 0.316. The van der Waals surface area contributed by atoms with E-state index in [-0.39, 0.29) is 18.3 Å². The molecule has 0 spiro atoms. The van der Waals surface area contributed by atoms with Crippen molar-refractivity contribution in [3.63, 3.8) is 0 Å². The Morgan fingerprint density at radius 1 is 1.19 bits per heavy atom. The summed E-state index contributed by atoms with van der Waals surface area (Å²) in [5.41, 5.74) is 0.301. The molecule has 1 fully saturated rings. The minimum atomic E-state index is -0.350. The fourth-order valence-corrected chi connectivity index (χ4v) is 1.77. The van der Waals surface area contributed by atoms with Crippen molar-refractivity contribution in [3.8, 4) is 0 Å². The van der Waals surface area contributed by atoms with Gasteiger partial charge < -0.3 is 9.31 Å². The molecule has 0 amide bonds. The Hall–Kier alpha value is -0.505. The number of halogens is 1. The highest BCUT2D eigenvalue weighted by Crippen LogP contribution is 2.36. The standard InChI is InChI=1S/C12H15BClO2/c1-11(2)12(3,4)16-13(15-11)9-6-5-7-10(14)8-9/h5-6,8H,1-4H3. The number of rotatable bonds is 1. The molecule has 0 unspecified atom stereocenters. The fourth-order valence-electron chi connectivity index (χ4n) is 1.58. The van der Waals surface area contributed by atoms with Crippen molar-refractivity contribution in [1.82, 2.24) is 0 Å². The summed E-state index contributed by atoms with van der Waals surface area (Å²) in [5.74, 6) is 0. The van der Waals surface area contributed by atoms with E-state index < -0.39 is 0 Å². The van der Waals surface area contributed by atoms with Crippen LogP contribution in [-0.4, -0.2) is 18.3 Å². The molecule has 4 heteroatoms. The van der Waals surface area contributed by atoms with Crippen molar-refractivity contribution in [1.29, 1.82) is 0 Å². The zero-order valence-corrected chi connectivity index (χ0v) is 10.8. The van der Waals surface area contributed by atoms with Crippen LogP contribution in [0.5, 0.6) is 0 Å². The van der Waals surface area contributed by atoms with Gasteiger partial charge in [-0.2, -0.15) is 0 Å². The van der Waals surface area contributed by atoms with Crippen molar-refractivity contribution in [2.24, 2.45) is 0 Å². The Bertz CT molecular complexity index is 388. The van der Waals surface area contributed by atoms with E-state index in [2.05, 4.69) is 6.07 Å². The SMILES string of the molecule is CC1(C)OB(c2cc[c]c(Cl)c2)OC1(C)C. The summed E-state index contributed by atoms with van der Waals surface area (Å²) in [6.45, 7) is 8.13. The van der Waals surface area contributed by atoms with Gasteiger partial charge in [-0.15, -0.1) is 0 Å². The van der Waals surface area contributed by atoms with Crippen LogP contribution in [0.25, 0.3) is 0 Å². The zero-order valence-electron chi connectivity index (χ0n) is 10.0. The van der Waals surface area contributed by atoms with Crippen LogP contribution >= 0.6 is 11.6 Å². The topological polar surface area (TPSA) is 18.5 Å². The van der Waals surface area contributed by atoms with E-state index in [0.29, 0.717) is 5.02 Å². The highest BCUT2D eigenvalue weighted by atomic mass is 35.5. The van der Waals surface area contributed by atoms with E-state index in [1.54, 1.807) is 6.07 Å². The molecule has 1 radical (unpaired) electrons. The molecule has 0 saturated carbocycles. The van der Waals surface area contributed by atoms with Gasteiger partial charge in [0, 0.05) is 11.1 Å².